The molecule has 1 fully saturated rings. The van der Waals surface area contributed by atoms with Crippen molar-refractivity contribution in [3.63, 3.8) is 0 Å². The molecule has 4 nitrogen and oxygen atoms in total. The summed E-state index contributed by atoms with van der Waals surface area (Å²) >= 11 is 0. The zero-order valence-corrected chi connectivity index (χ0v) is 27.5. The first-order valence-corrected chi connectivity index (χ1v) is 18.4. The van der Waals surface area contributed by atoms with Gasteiger partial charge in [0.15, 0.2) is 0 Å². The summed E-state index contributed by atoms with van der Waals surface area (Å²) in [6, 6.07) is 0. The molecule has 1 rings (SSSR count). The Balaban J connectivity index is 1.99. The Labute approximate surface area is 251 Å². The molecule has 0 radical (unpaired) electrons. The van der Waals surface area contributed by atoms with Crippen LogP contribution in [0.3, 0.4) is 0 Å². The van der Waals surface area contributed by atoms with Gasteiger partial charge < -0.3 is 10.1 Å². The lowest BCUT2D eigenvalue weighted by atomic mass is 10.0. The van der Waals surface area contributed by atoms with E-state index in [-0.39, 0.29) is 12.2 Å². The monoisotopic (exact) mass is 565 g/mol. The number of rotatable bonds is 32. The summed E-state index contributed by atoms with van der Waals surface area (Å²) in [5.41, 5.74) is 0. The Morgan fingerprint density at radius 2 is 0.825 bits per heavy atom. The molecule has 1 unspecified atom stereocenters. The van der Waals surface area contributed by atoms with Gasteiger partial charge in [-0.15, -0.1) is 0 Å². The van der Waals surface area contributed by atoms with Gasteiger partial charge in [-0.1, -0.05) is 181 Å². The highest BCUT2D eigenvalue weighted by molar-refractivity contribution is 5.69. The maximum absolute atomic E-state index is 11.5. The summed E-state index contributed by atoms with van der Waals surface area (Å²) in [6.07, 6.45) is 39.2. The number of carbonyl (C=O) groups is 1. The lowest BCUT2D eigenvalue weighted by Crippen LogP contribution is -2.35. The van der Waals surface area contributed by atoms with Crippen LogP contribution < -0.4 is 5.32 Å². The molecule has 1 amide bonds. The quantitative estimate of drug-likeness (QED) is 0.0826. The van der Waals surface area contributed by atoms with Crippen molar-refractivity contribution in [2.75, 3.05) is 26.2 Å². The molecule has 0 aromatic heterocycles. The van der Waals surface area contributed by atoms with Crippen molar-refractivity contribution in [2.45, 2.75) is 200 Å². The number of ether oxygens (including phenoxy) is 1. The number of amides is 1. The molecule has 1 aliphatic rings. The average molecular weight is 565 g/mol. The molecule has 40 heavy (non-hydrogen) atoms. The molecule has 1 heterocycles. The van der Waals surface area contributed by atoms with Crippen LogP contribution in [-0.2, 0) is 4.74 Å². The van der Waals surface area contributed by atoms with E-state index in [0.717, 1.165) is 19.6 Å². The van der Waals surface area contributed by atoms with Gasteiger partial charge in [0.2, 0.25) is 0 Å². The van der Waals surface area contributed by atoms with Gasteiger partial charge in [-0.25, -0.2) is 4.79 Å². The molecule has 0 bridgehead atoms. The van der Waals surface area contributed by atoms with Crippen LogP contribution in [0.5, 0.6) is 0 Å². The van der Waals surface area contributed by atoms with Crippen LogP contribution >= 0.6 is 0 Å². The normalized spacial score (nSPS) is 15.2. The molecule has 0 aromatic carbocycles. The van der Waals surface area contributed by atoms with Crippen LogP contribution in [0.1, 0.15) is 194 Å². The van der Waals surface area contributed by atoms with Gasteiger partial charge >= 0.3 is 6.09 Å². The molecule has 238 valence electrons. The lowest BCUT2D eigenvalue weighted by molar-refractivity contribution is 0.106. The molecule has 1 saturated heterocycles. The Hall–Kier alpha value is -0.770. The van der Waals surface area contributed by atoms with E-state index in [2.05, 4.69) is 24.1 Å². The van der Waals surface area contributed by atoms with E-state index >= 15 is 0 Å². The highest BCUT2D eigenvalue weighted by atomic mass is 16.6. The Morgan fingerprint density at radius 1 is 0.525 bits per heavy atom. The lowest BCUT2D eigenvalue weighted by Gasteiger charge is -2.24. The first-order valence-electron chi connectivity index (χ1n) is 18.4. The maximum atomic E-state index is 11.5. The highest BCUT2D eigenvalue weighted by Gasteiger charge is 2.24. The molecule has 1 atom stereocenters. The fourth-order valence-corrected chi connectivity index (χ4v) is 6.18. The fourth-order valence-electron chi connectivity index (χ4n) is 6.18. The second-order valence-corrected chi connectivity index (χ2v) is 12.9. The second kappa shape index (κ2) is 29.7. The first kappa shape index (κ1) is 37.3. The fraction of sp³-hybridized carbons (Fsp3) is 0.972. The van der Waals surface area contributed by atoms with Crippen molar-refractivity contribution in [2.24, 2.45) is 0 Å². The molecule has 0 aliphatic carbocycles. The maximum Gasteiger partial charge on any atom is 0.407 e. The van der Waals surface area contributed by atoms with Crippen LogP contribution in [0.2, 0.25) is 0 Å². The molecule has 4 heteroatoms. The van der Waals surface area contributed by atoms with Crippen LogP contribution in [0, 0.1) is 0 Å². The number of nitrogens with zero attached hydrogens (tertiary/aromatic N) is 1. The minimum atomic E-state index is -0.238. The summed E-state index contributed by atoms with van der Waals surface area (Å²) < 4.78 is 5.45. The summed E-state index contributed by atoms with van der Waals surface area (Å²) in [5, 5.41) is 2.83. The zero-order valence-electron chi connectivity index (χ0n) is 27.5. The number of unbranched alkanes of at least 4 members (excludes halogenated alkanes) is 26. The van der Waals surface area contributed by atoms with Crippen LogP contribution in [0.25, 0.3) is 0 Å². The summed E-state index contributed by atoms with van der Waals surface area (Å²) in [5.74, 6) is 0. The molecule has 0 saturated carbocycles. The molecule has 1 aliphatic heterocycles. The number of alkyl carbamates (subject to hydrolysis) is 1. The Morgan fingerprint density at radius 3 is 1.10 bits per heavy atom. The predicted molar refractivity (Wildman–Crippen MR) is 175 cm³/mol. The van der Waals surface area contributed by atoms with Crippen molar-refractivity contribution in [1.82, 2.24) is 10.2 Å². The second-order valence-electron chi connectivity index (χ2n) is 12.9. The summed E-state index contributed by atoms with van der Waals surface area (Å²) in [4.78, 5) is 14.1. The van der Waals surface area contributed by atoms with Gasteiger partial charge in [0.25, 0.3) is 0 Å². The van der Waals surface area contributed by atoms with Crippen molar-refractivity contribution in [3.8, 4) is 0 Å². The molecule has 0 aromatic rings. The average Bonchev–Trinajstić information content (AvgIpc) is 3.37. The SMILES string of the molecule is CCCCCCCCCCCCCCCCN(CCCCCCCCCCCCCCCC)CC1CNC(=O)O1. The van der Waals surface area contributed by atoms with Crippen molar-refractivity contribution in [1.29, 1.82) is 0 Å². The minimum Gasteiger partial charge on any atom is -0.443 e. The minimum absolute atomic E-state index is 0.0331. The topological polar surface area (TPSA) is 41.6 Å². The third-order valence-electron chi connectivity index (χ3n) is 8.87. The van der Waals surface area contributed by atoms with Crippen molar-refractivity contribution in [3.05, 3.63) is 0 Å². The first-order chi connectivity index (χ1) is 19.8. The van der Waals surface area contributed by atoms with E-state index in [1.807, 2.05) is 0 Å². The van der Waals surface area contributed by atoms with E-state index in [9.17, 15) is 4.79 Å². The van der Waals surface area contributed by atoms with E-state index in [1.165, 1.54) is 180 Å². The van der Waals surface area contributed by atoms with E-state index in [0.29, 0.717) is 6.54 Å². The third kappa shape index (κ3) is 25.0. The molecular weight excluding hydrogens is 492 g/mol. The van der Waals surface area contributed by atoms with Gasteiger partial charge in [-0.05, 0) is 25.9 Å². The van der Waals surface area contributed by atoms with Gasteiger partial charge in [0.1, 0.15) is 6.10 Å². The Kier molecular flexibility index (Phi) is 27.7. The molecular formula is C36H72N2O2. The standard InChI is InChI=1S/C36H72N2O2/c1-3-5-7-9-11-13-15-17-19-21-23-25-27-29-31-38(34-35-33-37-36(39)40-35)32-30-28-26-24-22-20-18-16-14-12-10-8-6-4-2/h35H,3-34H2,1-2H3,(H,37,39). The van der Waals surface area contributed by atoms with Crippen molar-refractivity contribution >= 4 is 6.09 Å². The molecule has 0 spiro atoms. The zero-order chi connectivity index (χ0) is 28.8. The molecule has 1 N–H and O–H groups in total. The highest BCUT2D eigenvalue weighted by Crippen LogP contribution is 2.15. The smallest absolute Gasteiger partial charge is 0.407 e. The number of hydrogen-bond donors (Lipinski definition) is 1. The van der Waals surface area contributed by atoms with Gasteiger partial charge in [0, 0.05) is 6.54 Å². The number of hydrogen-bond acceptors (Lipinski definition) is 3. The third-order valence-corrected chi connectivity index (χ3v) is 8.87. The number of carbonyl (C=O) groups excluding carboxylic acids is 1. The largest absolute Gasteiger partial charge is 0.443 e. The van der Waals surface area contributed by atoms with Gasteiger partial charge in [-0.2, -0.15) is 0 Å². The number of cyclic esters (lactones) is 1. The van der Waals surface area contributed by atoms with Crippen LogP contribution in [0.15, 0.2) is 0 Å². The number of nitrogens with one attached hydrogen (secondary N) is 1. The van der Waals surface area contributed by atoms with Crippen LogP contribution in [-0.4, -0.2) is 43.3 Å². The summed E-state index contributed by atoms with van der Waals surface area (Å²) in [7, 11) is 0. The summed E-state index contributed by atoms with van der Waals surface area (Å²) in [6.45, 7) is 8.48. The van der Waals surface area contributed by atoms with Gasteiger partial charge in [-0.3, -0.25) is 4.90 Å². The van der Waals surface area contributed by atoms with E-state index < -0.39 is 0 Å². The van der Waals surface area contributed by atoms with E-state index in [4.69, 9.17) is 4.74 Å². The van der Waals surface area contributed by atoms with E-state index in [1.54, 1.807) is 0 Å². The van der Waals surface area contributed by atoms with Crippen LogP contribution in [0.4, 0.5) is 4.79 Å². The van der Waals surface area contributed by atoms with Gasteiger partial charge in [0.05, 0.1) is 6.54 Å². The van der Waals surface area contributed by atoms with Crippen molar-refractivity contribution < 1.29 is 9.53 Å². The predicted octanol–water partition coefficient (Wildman–Crippen LogP) is 11.4. The Bertz CT molecular complexity index is 495.